The zero-order valence-electron chi connectivity index (χ0n) is 12.4. The van der Waals surface area contributed by atoms with E-state index in [-0.39, 0.29) is 5.78 Å². The topological polar surface area (TPSA) is 42.1 Å². The van der Waals surface area contributed by atoms with Crippen molar-refractivity contribution < 1.29 is 9.53 Å². The van der Waals surface area contributed by atoms with Gasteiger partial charge in [-0.2, -0.15) is 0 Å². The Morgan fingerprint density at radius 1 is 1.18 bits per heavy atom. The first-order valence-electron chi connectivity index (χ1n) is 7.10. The van der Waals surface area contributed by atoms with Crippen molar-refractivity contribution in [2.45, 2.75) is 20.0 Å². The maximum Gasteiger partial charge on any atom is 0.205 e. The van der Waals surface area contributed by atoms with Crippen molar-refractivity contribution in [1.82, 2.24) is 4.98 Å². The van der Waals surface area contributed by atoms with Gasteiger partial charge in [0.25, 0.3) is 0 Å². The smallest absolute Gasteiger partial charge is 0.205 e. The third-order valence-electron chi connectivity index (χ3n) is 3.62. The zero-order valence-corrected chi connectivity index (χ0v) is 13.1. The van der Waals surface area contributed by atoms with E-state index in [0.29, 0.717) is 16.3 Å². The average Bonchev–Trinajstić information content (AvgIpc) is 2.82. The van der Waals surface area contributed by atoms with Crippen LogP contribution in [-0.4, -0.2) is 16.9 Å². The first-order chi connectivity index (χ1) is 10.6. The standard InChI is InChI=1S/C18H16ClNO2/c1-11-17(15-8-3-4-9-16(15)20-11)18(21)12(2)22-14-7-5-6-13(19)10-14/h3-10,12,20H,1-2H3/t12-/m1/s1. The molecule has 0 saturated heterocycles. The predicted octanol–water partition coefficient (Wildman–Crippen LogP) is 4.78. The highest BCUT2D eigenvalue weighted by Gasteiger charge is 2.22. The molecule has 1 aromatic heterocycles. The lowest BCUT2D eigenvalue weighted by atomic mass is 10.0. The van der Waals surface area contributed by atoms with E-state index in [1.54, 1.807) is 31.2 Å². The fraction of sp³-hybridized carbons (Fsp3) is 0.167. The molecule has 0 aliphatic rings. The monoisotopic (exact) mass is 313 g/mol. The van der Waals surface area contributed by atoms with Crippen molar-refractivity contribution >= 4 is 28.3 Å². The van der Waals surface area contributed by atoms with E-state index in [4.69, 9.17) is 16.3 Å². The number of aryl methyl sites for hydroxylation is 1. The Morgan fingerprint density at radius 3 is 2.73 bits per heavy atom. The Labute approximate surface area is 133 Å². The van der Waals surface area contributed by atoms with Crippen molar-refractivity contribution in [3.8, 4) is 5.75 Å². The fourth-order valence-corrected chi connectivity index (χ4v) is 2.78. The number of H-pyrrole nitrogens is 1. The molecule has 3 aromatic rings. The summed E-state index contributed by atoms with van der Waals surface area (Å²) >= 11 is 5.94. The van der Waals surface area contributed by atoms with Crippen molar-refractivity contribution in [2.75, 3.05) is 0 Å². The molecular formula is C18H16ClNO2. The normalized spacial score (nSPS) is 12.3. The second kappa shape index (κ2) is 5.85. The molecule has 4 heteroatoms. The van der Waals surface area contributed by atoms with Crippen molar-refractivity contribution in [3.63, 3.8) is 0 Å². The van der Waals surface area contributed by atoms with Crippen LogP contribution in [0.4, 0.5) is 0 Å². The van der Waals surface area contributed by atoms with Crippen LogP contribution in [-0.2, 0) is 0 Å². The van der Waals surface area contributed by atoms with Gasteiger partial charge in [-0.05, 0) is 38.1 Å². The summed E-state index contributed by atoms with van der Waals surface area (Å²) in [7, 11) is 0. The van der Waals surface area contributed by atoms with E-state index in [9.17, 15) is 4.79 Å². The van der Waals surface area contributed by atoms with E-state index >= 15 is 0 Å². The van der Waals surface area contributed by atoms with Crippen LogP contribution in [0.25, 0.3) is 10.9 Å². The molecule has 1 N–H and O–H groups in total. The number of para-hydroxylation sites is 1. The number of Topliss-reactive ketones (excluding diaryl/α,β-unsaturated/α-hetero) is 1. The lowest BCUT2D eigenvalue weighted by Gasteiger charge is -2.14. The lowest BCUT2D eigenvalue weighted by molar-refractivity contribution is 0.0819. The molecule has 22 heavy (non-hydrogen) atoms. The second-order valence-corrected chi connectivity index (χ2v) is 5.69. The molecule has 0 aliphatic heterocycles. The van der Waals surface area contributed by atoms with Crippen LogP contribution in [0, 0.1) is 6.92 Å². The van der Waals surface area contributed by atoms with E-state index in [1.807, 2.05) is 31.2 Å². The van der Waals surface area contributed by atoms with Gasteiger partial charge in [0.05, 0.1) is 0 Å². The summed E-state index contributed by atoms with van der Waals surface area (Å²) in [4.78, 5) is 16.0. The Balaban J connectivity index is 1.90. The molecule has 1 atom stereocenters. The summed E-state index contributed by atoms with van der Waals surface area (Å²) in [5.74, 6) is 0.542. The van der Waals surface area contributed by atoms with Crippen LogP contribution in [0.2, 0.25) is 5.02 Å². The van der Waals surface area contributed by atoms with Gasteiger partial charge in [-0.1, -0.05) is 35.9 Å². The van der Waals surface area contributed by atoms with Gasteiger partial charge in [-0.3, -0.25) is 4.79 Å². The van der Waals surface area contributed by atoms with Gasteiger partial charge in [0, 0.05) is 27.2 Å². The van der Waals surface area contributed by atoms with E-state index in [0.717, 1.165) is 16.6 Å². The van der Waals surface area contributed by atoms with Gasteiger partial charge < -0.3 is 9.72 Å². The summed E-state index contributed by atoms with van der Waals surface area (Å²) < 4.78 is 5.74. The molecule has 0 unspecified atom stereocenters. The Kier molecular flexibility index (Phi) is 3.90. The third-order valence-corrected chi connectivity index (χ3v) is 3.85. The summed E-state index contributed by atoms with van der Waals surface area (Å²) in [6.45, 7) is 3.66. The first-order valence-corrected chi connectivity index (χ1v) is 7.48. The highest BCUT2D eigenvalue weighted by molar-refractivity contribution is 6.30. The molecule has 0 spiro atoms. The second-order valence-electron chi connectivity index (χ2n) is 5.25. The molecule has 0 amide bonds. The zero-order chi connectivity index (χ0) is 15.7. The number of hydrogen-bond donors (Lipinski definition) is 1. The maximum absolute atomic E-state index is 12.8. The van der Waals surface area contributed by atoms with Crippen LogP contribution < -0.4 is 4.74 Å². The number of hydrogen-bond acceptors (Lipinski definition) is 2. The Bertz CT molecular complexity index is 838. The molecule has 0 aliphatic carbocycles. The van der Waals surface area contributed by atoms with Crippen molar-refractivity contribution in [3.05, 3.63) is 64.8 Å². The molecule has 0 radical (unpaired) electrons. The minimum absolute atomic E-state index is 0.0464. The quantitative estimate of drug-likeness (QED) is 0.704. The maximum atomic E-state index is 12.8. The van der Waals surface area contributed by atoms with Gasteiger partial charge in [0.2, 0.25) is 5.78 Å². The van der Waals surface area contributed by atoms with Crippen LogP contribution in [0.5, 0.6) is 5.75 Å². The molecule has 1 heterocycles. The molecule has 0 fully saturated rings. The average molecular weight is 314 g/mol. The Morgan fingerprint density at radius 2 is 1.95 bits per heavy atom. The number of carbonyl (C=O) groups is 1. The number of aromatic amines is 1. The highest BCUT2D eigenvalue weighted by Crippen LogP contribution is 2.25. The molecule has 3 rings (SSSR count). The van der Waals surface area contributed by atoms with E-state index in [1.165, 1.54) is 0 Å². The highest BCUT2D eigenvalue weighted by atomic mass is 35.5. The predicted molar refractivity (Wildman–Crippen MR) is 88.9 cm³/mol. The molecule has 0 bridgehead atoms. The number of aromatic nitrogens is 1. The molecule has 0 saturated carbocycles. The molecule has 3 nitrogen and oxygen atoms in total. The van der Waals surface area contributed by atoms with Gasteiger partial charge in [0.1, 0.15) is 5.75 Å². The van der Waals surface area contributed by atoms with Crippen molar-refractivity contribution in [1.29, 1.82) is 0 Å². The number of fused-ring (bicyclic) bond motifs is 1. The van der Waals surface area contributed by atoms with E-state index in [2.05, 4.69) is 4.98 Å². The lowest BCUT2D eigenvalue weighted by Crippen LogP contribution is -2.24. The number of halogens is 1. The largest absolute Gasteiger partial charge is 0.483 e. The van der Waals surface area contributed by atoms with Gasteiger partial charge >= 0.3 is 0 Å². The number of nitrogens with one attached hydrogen (secondary N) is 1. The summed E-state index contributed by atoms with van der Waals surface area (Å²) in [5.41, 5.74) is 2.50. The van der Waals surface area contributed by atoms with Gasteiger partial charge in [0.15, 0.2) is 6.10 Å². The first kappa shape index (κ1) is 14.7. The molecule has 112 valence electrons. The van der Waals surface area contributed by atoms with Crippen LogP contribution >= 0.6 is 11.6 Å². The van der Waals surface area contributed by atoms with Crippen LogP contribution in [0.15, 0.2) is 48.5 Å². The van der Waals surface area contributed by atoms with Crippen LogP contribution in [0.1, 0.15) is 23.0 Å². The van der Waals surface area contributed by atoms with Crippen LogP contribution in [0.3, 0.4) is 0 Å². The van der Waals surface area contributed by atoms with E-state index < -0.39 is 6.10 Å². The summed E-state index contributed by atoms with van der Waals surface area (Å²) in [5, 5.41) is 1.51. The third kappa shape index (κ3) is 2.72. The molecular weight excluding hydrogens is 298 g/mol. The minimum atomic E-state index is -0.587. The summed E-state index contributed by atoms with van der Waals surface area (Å²) in [6.07, 6.45) is -0.587. The SMILES string of the molecule is Cc1[nH]c2ccccc2c1C(=O)[C@@H](C)Oc1cccc(Cl)c1. The number of benzene rings is 2. The minimum Gasteiger partial charge on any atom is -0.483 e. The Hall–Kier alpha value is -2.26. The number of rotatable bonds is 4. The summed E-state index contributed by atoms with van der Waals surface area (Å²) in [6, 6.07) is 14.8. The molecule has 2 aromatic carbocycles. The van der Waals surface area contributed by atoms with Crippen molar-refractivity contribution in [2.24, 2.45) is 0 Å². The van der Waals surface area contributed by atoms with Gasteiger partial charge in [-0.15, -0.1) is 0 Å². The number of carbonyl (C=O) groups excluding carboxylic acids is 1. The van der Waals surface area contributed by atoms with Gasteiger partial charge in [-0.25, -0.2) is 0 Å². The fourth-order valence-electron chi connectivity index (χ4n) is 2.60. The number of ketones is 1. The number of ether oxygens (including phenoxy) is 1.